The Kier molecular flexibility index (Phi) is 5.25. The van der Waals surface area contributed by atoms with Crippen LogP contribution in [0.15, 0.2) is 36.4 Å². The second kappa shape index (κ2) is 7.04. The first-order valence-corrected chi connectivity index (χ1v) is 8.02. The molecule has 1 saturated heterocycles. The molecule has 1 aliphatic rings. The van der Waals surface area contributed by atoms with E-state index in [9.17, 15) is 18.8 Å². The van der Waals surface area contributed by atoms with Crippen LogP contribution in [0.2, 0.25) is 0 Å². The van der Waals surface area contributed by atoms with Crippen molar-refractivity contribution in [3.05, 3.63) is 47.8 Å². The zero-order valence-electron chi connectivity index (χ0n) is 14.6. The van der Waals surface area contributed by atoms with E-state index in [1.807, 2.05) is 0 Å². The fraction of sp³-hybridized carbons (Fsp3) is 0.389. The van der Waals surface area contributed by atoms with Gasteiger partial charge in [-0.15, -0.1) is 0 Å². The van der Waals surface area contributed by atoms with E-state index in [1.165, 1.54) is 30.0 Å². The Labute approximate surface area is 146 Å². The van der Waals surface area contributed by atoms with Gasteiger partial charge >= 0.3 is 6.03 Å². The molecule has 6 nitrogen and oxygen atoms in total. The smallest absolute Gasteiger partial charge is 0.325 e. The Hall–Kier alpha value is -2.70. The number of benzene rings is 1. The van der Waals surface area contributed by atoms with Crippen molar-refractivity contribution in [3.63, 3.8) is 0 Å². The highest BCUT2D eigenvalue weighted by molar-refractivity contribution is 6.09. The van der Waals surface area contributed by atoms with E-state index >= 15 is 0 Å². The van der Waals surface area contributed by atoms with Gasteiger partial charge in [0.05, 0.1) is 0 Å². The molecule has 0 bridgehead atoms. The molecule has 1 aliphatic heterocycles. The molecule has 0 radical (unpaired) electrons. The zero-order chi connectivity index (χ0) is 18.8. The SMILES string of the molecule is C=C(C)CN(CC)C(=O)CN1C(=O)N[C@@](C)(c2ccccc2F)C1=O. The Morgan fingerprint density at radius 3 is 2.56 bits per heavy atom. The average molecular weight is 347 g/mol. The van der Waals surface area contributed by atoms with Gasteiger partial charge in [-0.2, -0.15) is 0 Å². The van der Waals surface area contributed by atoms with Gasteiger partial charge in [-0.1, -0.05) is 30.4 Å². The van der Waals surface area contributed by atoms with E-state index in [1.54, 1.807) is 19.9 Å². The van der Waals surface area contributed by atoms with Crippen LogP contribution in [0.25, 0.3) is 0 Å². The fourth-order valence-corrected chi connectivity index (χ4v) is 2.83. The van der Waals surface area contributed by atoms with Crippen molar-refractivity contribution in [1.82, 2.24) is 15.1 Å². The van der Waals surface area contributed by atoms with Crippen LogP contribution in [0.4, 0.5) is 9.18 Å². The Bertz CT molecular complexity index is 734. The zero-order valence-corrected chi connectivity index (χ0v) is 14.6. The van der Waals surface area contributed by atoms with Crippen molar-refractivity contribution in [2.24, 2.45) is 0 Å². The summed E-state index contributed by atoms with van der Waals surface area (Å²) in [6.45, 7) is 9.18. The molecule has 4 amide bonds. The van der Waals surface area contributed by atoms with E-state index in [4.69, 9.17) is 0 Å². The van der Waals surface area contributed by atoms with Gasteiger partial charge in [-0.3, -0.25) is 14.5 Å². The van der Waals surface area contributed by atoms with Crippen molar-refractivity contribution in [2.45, 2.75) is 26.3 Å². The summed E-state index contributed by atoms with van der Waals surface area (Å²) in [5.41, 5.74) is -0.671. The standard InChI is InChI=1S/C18H22FN3O3/c1-5-21(10-12(2)3)15(23)11-22-16(24)18(4,20-17(22)25)13-8-6-7-9-14(13)19/h6-9H,2,5,10-11H2,1,3-4H3,(H,20,25)/t18-/m0/s1. The number of urea groups is 1. The minimum Gasteiger partial charge on any atom is -0.337 e. The van der Waals surface area contributed by atoms with E-state index in [2.05, 4.69) is 11.9 Å². The molecule has 2 rings (SSSR count). The number of likely N-dealkylation sites (N-methyl/N-ethyl adjacent to an activating group) is 1. The predicted molar refractivity (Wildman–Crippen MR) is 91.1 cm³/mol. The molecule has 1 atom stereocenters. The molecule has 1 aromatic carbocycles. The molecule has 1 heterocycles. The van der Waals surface area contributed by atoms with Crippen LogP contribution in [-0.2, 0) is 15.1 Å². The number of hydrogen-bond donors (Lipinski definition) is 1. The molecule has 1 N–H and O–H groups in total. The largest absolute Gasteiger partial charge is 0.337 e. The van der Waals surface area contributed by atoms with Gasteiger partial charge in [0.1, 0.15) is 17.9 Å². The van der Waals surface area contributed by atoms with E-state index in [-0.39, 0.29) is 11.5 Å². The summed E-state index contributed by atoms with van der Waals surface area (Å²) in [4.78, 5) is 39.7. The highest BCUT2D eigenvalue weighted by Gasteiger charge is 2.50. The van der Waals surface area contributed by atoms with Crippen molar-refractivity contribution in [3.8, 4) is 0 Å². The van der Waals surface area contributed by atoms with Crippen molar-refractivity contribution < 1.29 is 18.8 Å². The third kappa shape index (κ3) is 3.55. The van der Waals surface area contributed by atoms with E-state index in [0.717, 1.165) is 10.5 Å². The Morgan fingerprint density at radius 2 is 2.00 bits per heavy atom. The minimum atomic E-state index is -1.53. The molecule has 1 fully saturated rings. The molecule has 134 valence electrons. The molecule has 0 saturated carbocycles. The lowest BCUT2D eigenvalue weighted by Gasteiger charge is -2.25. The van der Waals surface area contributed by atoms with Crippen LogP contribution >= 0.6 is 0 Å². The normalized spacial score (nSPS) is 19.8. The van der Waals surface area contributed by atoms with Crippen LogP contribution in [0.5, 0.6) is 0 Å². The molecule has 25 heavy (non-hydrogen) atoms. The summed E-state index contributed by atoms with van der Waals surface area (Å²) in [7, 11) is 0. The predicted octanol–water partition coefficient (Wildman–Crippen LogP) is 2.02. The van der Waals surface area contributed by atoms with Crippen LogP contribution in [0.3, 0.4) is 0 Å². The number of imide groups is 1. The van der Waals surface area contributed by atoms with Gasteiger partial charge in [0.25, 0.3) is 5.91 Å². The van der Waals surface area contributed by atoms with E-state index in [0.29, 0.717) is 13.1 Å². The summed E-state index contributed by atoms with van der Waals surface area (Å²) in [6.07, 6.45) is 0. The van der Waals surface area contributed by atoms with Crippen LogP contribution in [-0.4, -0.2) is 47.3 Å². The summed E-state index contributed by atoms with van der Waals surface area (Å²) in [5.74, 6) is -1.61. The summed E-state index contributed by atoms with van der Waals surface area (Å²) >= 11 is 0. The van der Waals surface area contributed by atoms with Gasteiger partial charge in [0, 0.05) is 18.7 Å². The molecule has 7 heteroatoms. The monoisotopic (exact) mass is 347 g/mol. The van der Waals surface area contributed by atoms with E-state index < -0.39 is 29.8 Å². The highest BCUT2D eigenvalue weighted by atomic mass is 19.1. The maximum absolute atomic E-state index is 14.1. The third-order valence-corrected chi connectivity index (χ3v) is 4.18. The quantitative estimate of drug-likeness (QED) is 0.632. The maximum Gasteiger partial charge on any atom is 0.325 e. The summed E-state index contributed by atoms with van der Waals surface area (Å²) < 4.78 is 14.1. The van der Waals surface area contributed by atoms with Gasteiger partial charge in [0.15, 0.2) is 0 Å². The van der Waals surface area contributed by atoms with Gasteiger partial charge in [0.2, 0.25) is 5.91 Å². The number of carbonyl (C=O) groups is 3. The highest BCUT2D eigenvalue weighted by Crippen LogP contribution is 2.30. The molecule has 0 aromatic heterocycles. The Morgan fingerprint density at radius 1 is 1.36 bits per heavy atom. The number of rotatable bonds is 6. The van der Waals surface area contributed by atoms with Crippen molar-refractivity contribution in [1.29, 1.82) is 0 Å². The van der Waals surface area contributed by atoms with Crippen LogP contribution in [0, 0.1) is 5.82 Å². The van der Waals surface area contributed by atoms with Crippen LogP contribution < -0.4 is 5.32 Å². The molecule has 0 unspecified atom stereocenters. The number of amides is 4. The number of carbonyl (C=O) groups excluding carboxylic acids is 3. The van der Waals surface area contributed by atoms with Crippen molar-refractivity contribution in [2.75, 3.05) is 19.6 Å². The summed E-state index contributed by atoms with van der Waals surface area (Å²) in [6, 6.07) is 5.04. The molecular formula is C18H22FN3O3. The Balaban J connectivity index is 2.23. The first-order chi connectivity index (χ1) is 11.7. The first kappa shape index (κ1) is 18.6. The second-order valence-corrected chi connectivity index (χ2v) is 6.29. The number of hydrogen-bond acceptors (Lipinski definition) is 3. The van der Waals surface area contributed by atoms with Gasteiger partial charge in [-0.25, -0.2) is 9.18 Å². The fourth-order valence-electron chi connectivity index (χ4n) is 2.83. The van der Waals surface area contributed by atoms with Crippen LogP contribution in [0.1, 0.15) is 26.3 Å². The van der Waals surface area contributed by atoms with Gasteiger partial charge in [-0.05, 0) is 26.8 Å². The molecule has 0 spiro atoms. The average Bonchev–Trinajstić information content (AvgIpc) is 2.76. The second-order valence-electron chi connectivity index (χ2n) is 6.29. The number of nitrogens with zero attached hydrogens (tertiary/aromatic N) is 2. The summed E-state index contributed by atoms with van der Waals surface area (Å²) in [5, 5.41) is 2.50. The number of halogens is 1. The topological polar surface area (TPSA) is 69.7 Å². The maximum atomic E-state index is 14.1. The van der Waals surface area contributed by atoms with Gasteiger partial charge < -0.3 is 10.2 Å². The molecule has 1 aromatic rings. The first-order valence-electron chi connectivity index (χ1n) is 8.02. The lowest BCUT2D eigenvalue weighted by molar-refractivity contribution is -0.138. The molecule has 0 aliphatic carbocycles. The lowest BCUT2D eigenvalue weighted by Crippen LogP contribution is -2.45. The molecular weight excluding hydrogens is 325 g/mol. The third-order valence-electron chi connectivity index (χ3n) is 4.18. The number of nitrogens with one attached hydrogen (secondary N) is 1. The minimum absolute atomic E-state index is 0.0672. The van der Waals surface area contributed by atoms with Crippen molar-refractivity contribution >= 4 is 17.8 Å². The lowest BCUT2D eigenvalue weighted by atomic mass is 9.91.